The third kappa shape index (κ3) is 2.73. The van der Waals surface area contributed by atoms with E-state index in [4.69, 9.17) is 4.74 Å². The van der Waals surface area contributed by atoms with Crippen LogP contribution >= 0.6 is 0 Å². The Kier molecular flexibility index (Phi) is 3.34. The number of nitrogens with one attached hydrogen (secondary N) is 2. The van der Waals surface area contributed by atoms with Crippen LogP contribution in [0.1, 0.15) is 10.4 Å². The smallest absolute Gasteiger partial charge is 0.336 e. The highest BCUT2D eigenvalue weighted by molar-refractivity contribution is 6.03. The van der Waals surface area contributed by atoms with E-state index in [2.05, 4.69) is 25.6 Å². The van der Waals surface area contributed by atoms with E-state index < -0.39 is 0 Å². The van der Waals surface area contributed by atoms with Crippen LogP contribution in [-0.2, 0) is 0 Å². The molecule has 1 aromatic carbocycles. The van der Waals surface area contributed by atoms with Crippen LogP contribution in [0.2, 0.25) is 0 Å². The molecule has 3 aromatic rings. The molecule has 0 aliphatic rings. The molecule has 0 fully saturated rings. The van der Waals surface area contributed by atoms with Crippen LogP contribution in [0.15, 0.2) is 42.7 Å². The lowest BCUT2D eigenvalue weighted by Crippen LogP contribution is -2.12. The summed E-state index contributed by atoms with van der Waals surface area (Å²) in [6.45, 7) is 0. The number of aromatic nitrogens is 5. The quantitative estimate of drug-likeness (QED) is 0.751. The molecule has 0 aliphatic carbocycles. The Morgan fingerprint density at radius 3 is 2.86 bits per heavy atom. The van der Waals surface area contributed by atoms with Crippen molar-refractivity contribution >= 4 is 11.9 Å². The number of carbonyl (C=O) groups excluding carboxylic acids is 1. The zero-order valence-electron chi connectivity index (χ0n) is 11.1. The molecule has 0 atom stereocenters. The van der Waals surface area contributed by atoms with E-state index in [-0.39, 0.29) is 17.9 Å². The maximum Gasteiger partial charge on any atom is 0.336 e. The second-order valence-corrected chi connectivity index (χ2v) is 4.13. The molecule has 0 unspecified atom stereocenters. The van der Waals surface area contributed by atoms with Gasteiger partial charge >= 0.3 is 6.01 Å². The molecule has 3 rings (SSSR count). The monoisotopic (exact) mass is 284 g/mol. The van der Waals surface area contributed by atoms with E-state index in [1.165, 1.54) is 13.3 Å². The average Bonchev–Trinajstić information content (AvgIpc) is 3.17. The average molecular weight is 284 g/mol. The van der Waals surface area contributed by atoms with Crippen molar-refractivity contribution in [2.45, 2.75) is 0 Å². The summed E-state index contributed by atoms with van der Waals surface area (Å²) in [5, 5.41) is 13.0. The first-order chi connectivity index (χ1) is 10.3. The number of carbonyl (C=O) groups is 1. The summed E-state index contributed by atoms with van der Waals surface area (Å²) in [4.78, 5) is 16.0. The minimum absolute atomic E-state index is 0.158. The molecule has 106 valence electrons. The van der Waals surface area contributed by atoms with Gasteiger partial charge in [0.2, 0.25) is 5.95 Å². The number of hydrogen-bond donors (Lipinski definition) is 2. The van der Waals surface area contributed by atoms with E-state index in [1.54, 1.807) is 10.9 Å². The summed E-state index contributed by atoms with van der Waals surface area (Å²) in [5.74, 6) is -0.125. The zero-order valence-corrected chi connectivity index (χ0v) is 11.1. The number of aromatic amines is 1. The summed E-state index contributed by atoms with van der Waals surface area (Å²) in [7, 11) is 1.44. The van der Waals surface area contributed by atoms with Gasteiger partial charge in [0.15, 0.2) is 0 Å². The van der Waals surface area contributed by atoms with Gasteiger partial charge in [0.1, 0.15) is 0 Å². The molecule has 0 radical (unpaired) electrons. The SMILES string of the molecule is COc1n[nH]c(NC(=O)c2cnn(-c3ccccc3)c2)n1. The minimum Gasteiger partial charge on any atom is -0.466 e. The Bertz CT molecular complexity index is 749. The normalized spacial score (nSPS) is 10.3. The molecule has 0 aliphatic heterocycles. The Hall–Kier alpha value is -3.16. The fraction of sp³-hybridized carbons (Fsp3) is 0.0769. The number of para-hydroxylation sites is 1. The van der Waals surface area contributed by atoms with Crippen molar-refractivity contribution in [3.8, 4) is 11.7 Å². The molecule has 8 heteroatoms. The van der Waals surface area contributed by atoms with Crippen LogP contribution < -0.4 is 10.1 Å². The van der Waals surface area contributed by atoms with E-state index in [0.29, 0.717) is 5.56 Å². The lowest BCUT2D eigenvalue weighted by Gasteiger charge is -1.99. The molecular formula is C13H12N6O2. The van der Waals surface area contributed by atoms with E-state index in [9.17, 15) is 4.79 Å². The minimum atomic E-state index is -0.337. The first-order valence-electron chi connectivity index (χ1n) is 6.14. The van der Waals surface area contributed by atoms with E-state index >= 15 is 0 Å². The van der Waals surface area contributed by atoms with Crippen molar-refractivity contribution in [3.05, 3.63) is 48.3 Å². The summed E-state index contributed by atoms with van der Waals surface area (Å²) in [6, 6.07) is 9.67. The first kappa shape index (κ1) is 12.9. The molecule has 21 heavy (non-hydrogen) atoms. The summed E-state index contributed by atoms with van der Waals surface area (Å²) >= 11 is 0. The third-order valence-corrected chi connectivity index (χ3v) is 2.74. The number of rotatable bonds is 4. The lowest BCUT2D eigenvalue weighted by atomic mass is 10.3. The van der Waals surface area contributed by atoms with Crippen molar-refractivity contribution < 1.29 is 9.53 Å². The number of H-pyrrole nitrogens is 1. The van der Waals surface area contributed by atoms with Crippen LogP contribution in [0.25, 0.3) is 5.69 Å². The van der Waals surface area contributed by atoms with Gasteiger partial charge in [-0.1, -0.05) is 18.2 Å². The van der Waals surface area contributed by atoms with Gasteiger partial charge in [-0.05, 0) is 12.1 Å². The number of amides is 1. The number of benzene rings is 1. The fourth-order valence-electron chi connectivity index (χ4n) is 1.74. The predicted molar refractivity (Wildman–Crippen MR) is 74.5 cm³/mol. The van der Waals surface area contributed by atoms with Gasteiger partial charge in [-0.25, -0.2) is 9.78 Å². The zero-order chi connectivity index (χ0) is 14.7. The van der Waals surface area contributed by atoms with Crippen LogP contribution in [0.3, 0.4) is 0 Å². The molecule has 2 N–H and O–H groups in total. The van der Waals surface area contributed by atoms with Crippen molar-refractivity contribution in [3.63, 3.8) is 0 Å². The fourth-order valence-corrected chi connectivity index (χ4v) is 1.74. The van der Waals surface area contributed by atoms with Crippen LogP contribution in [0.4, 0.5) is 5.95 Å². The van der Waals surface area contributed by atoms with Crippen molar-refractivity contribution in [1.82, 2.24) is 25.0 Å². The number of nitrogens with zero attached hydrogens (tertiary/aromatic N) is 4. The van der Waals surface area contributed by atoms with Gasteiger partial charge in [-0.3, -0.25) is 10.1 Å². The van der Waals surface area contributed by atoms with Gasteiger partial charge < -0.3 is 4.74 Å². The standard InChI is InChI=1S/C13H12N6O2/c1-21-13-16-12(17-18-13)15-11(20)9-7-14-19(8-9)10-5-3-2-4-6-10/h2-8H,1H3,(H2,15,16,17,18,20). The molecule has 0 bridgehead atoms. The molecule has 0 saturated carbocycles. The highest BCUT2D eigenvalue weighted by atomic mass is 16.5. The van der Waals surface area contributed by atoms with Gasteiger partial charge in [-0.15, -0.1) is 5.10 Å². The maximum absolute atomic E-state index is 12.1. The topological polar surface area (TPSA) is 97.7 Å². The molecule has 8 nitrogen and oxygen atoms in total. The number of ether oxygens (including phenoxy) is 1. The number of methoxy groups -OCH3 is 1. The van der Waals surface area contributed by atoms with Gasteiger partial charge in [-0.2, -0.15) is 10.1 Å². The summed E-state index contributed by atoms with van der Waals surface area (Å²) < 4.78 is 6.44. The molecule has 2 heterocycles. The van der Waals surface area contributed by atoms with Crippen LogP contribution in [0.5, 0.6) is 6.01 Å². The highest BCUT2D eigenvalue weighted by Gasteiger charge is 2.12. The molecular weight excluding hydrogens is 272 g/mol. The Labute approximate surface area is 119 Å². The number of hydrogen-bond acceptors (Lipinski definition) is 5. The van der Waals surface area contributed by atoms with Crippen molar-refractivity contribution in [2.75, 3.05) is 12.4 Å². The number of anilines is 1. The van der Waals surface area contributed by atoms with Gasteiger partial charge in [0, 0.05) is 6.20 Å². The largest absolute Gasteiger partial charge is 0.466 e. The second kappa shape index (κ2) is 5.45. The molecule has 2 aromatic heterocycles. The Balaban J connectivity index is 1.75. The second-order valence-electron chi connectivity index (χ2n) is 4.13. The summed E-state index contributed by atoms with van der Waals surface area (Å²) in [6.07, 6.45) is 3.12. The summed E-state index contributed by atoms with van der Waals surface area (Å²) in [5.41, 5.74) is 1.28. The first-order valence-corrected chi connectivity index (χ1v) is 6.14. The van der Waals surface area contributed by atoms with Crippen molar-refractivity contribution in [1.29, 1.82) is 0 Å². The van der Waals surface area contributed by atoms with Crippen LogP contribution in [0, 0.1) is 0 Å². The lowest BCUT2D eigenvalue weighted by molar-refractivity contribution is 0.102. The van der Waals surface area contributed by atoms with E-state index in [0.717, 1.165) is 5.69 Å². The van der Waals surface area contributed by atoms with Crippen molar-refractivity contribution in [2.24, 2.45) is 0 Å². The molecule has 0 saturated heterocycles. The highest BCUT2D eigenvalue weighted by Crippen LogP contribution is 2.10. The Morgan fingerprint density at radius 2 is 2.14 bits per heavy atom. The Morgan fingerprint density at radius 1 is 1.33 bits per heavy atom. The predicted octanol–water partition coefficient (Wildman–Crippen LogP) is 1.25. The van der Waals surface area contributed by atoms with Gasteiger partial charge in [0.25, 0.3) is 5.91 Å². The third-order valence-electron chi connectivity index (χ3n) is 2.74. The molecule has 1 amide bonds. The van der Waals surface area contributed by atoms with Crippen LogP contribution in [-0.4, -0.2) is 38.0 Å². The molecule has 0 spiro atoms. The maximum atomic E-state index is 12.1. The van der Waals surface area contributed by atoms with Gasteiger partial charge in [0.05, 0.1) is 24.6 Å². The van der Waals surface area contributed by atoms with E-state index in [1.807, 2.05) is 30.3 Å².